The van der Waals surface area contributed by atoms with E-state index >= 15 is 0 Å². The van der Waals surface area contributed by atoms with Crippen molar-refractivity contribution in [1.29, 1.82) is 0 Å². The summed E-state index contributed by atoms with van der Waals surface area (Å²) in [5.41, 5.74) is 1.40. The van der Waals surface area contributed by atoms with Gasteiger partial charge in [0.2, 0.25) is 0 Å². The fourth-order valence-electron chi connectivity index (χ4n) is 3.13. The first-order chi connectivity index (χ1) is 14.3. The lowest BCUT2D eigenvalue weighted by Crippen LogP contribution is -2.06. The number of carbonyl (C=O) groups is 1. The zero-order valence-corrected chi connectivity index (χ0v) is 15.5. The number of rotatable bonds is 4. The Balaban J connectivity index is 1.51. The highest BCUT2D eigenvalue weighted by atomic mass is 19.4. The van der Waals surface area contributed by atoms with Gasteiger partial charge in [0.25, 0.3) is 5.91 Å². The first-order valence-corrected chi connectivity index (χ1v) is 9.01. The van der Waals surface area contributed by atoms with Crippen molar-refractivity contribution >= 4 is 23.2 Å². The van der Waals surface area contributed by atoms with Gasteiger partial charge in [0.1, 0.15) is 18.2 Å². The predicted octanol–water partition coefficient (Wildman–Crippen LogP) is 5.92. The molecule has 7 heteroatoms. The summed E-state index contributed by atoms with van der Waals surface area (Å²) < 4.78 is 57.4. The van der Waals surface area contributed by atoms with Crippen molar-refractivity contribution in [3.63, 3.8) is 0 Å². The molecule has 0 radical (unpaired) electrons. The van der Waals surface area contributed by atoms with Gasteiger partial charge in [-0.15, -0.1) is 0 Å². The van der Waals surface area contributed by atoms with E-state index < -0.39 is 17.6 Å². The minimum absolute atomic E-state index is 0.135. The van der Waals surface area contributed by atoms with E-state index in [0.717, 1.165) is 12.1 Å². The van der Waals surface area contributed by atoms with E-state index in [0.29, 0.717) is 22.4 Å². The van der Waals surface area contributed by atoms with Gasteiger partial charge in [0.15, 0.2) is 0 Å². The largest absolute Gasteiger partial charge is 0.489 e. The highest BCUT2D eigenvalue weighted by Crippen LogP contribution is 2.38. The van der Waals surface area contributed by atoms with Gasteiger partial charge < -0.3 is 10.1 Å². The standard InChI is InChI=1S/C23H15F4NO2/c24-17-3-1-2-15(10-17)13-30-18-7-4-14(5-8-18)11-20-19-9-6-16(23(25,26)27)12-21(19)28-22(20)29/h1-12H,13H2,(H,28,29)/b20-11-. The van der Waals surface area contributed by atoms with Crippen molar-refractivity contribution in [2.45, 2.75) is 12.8 Å². The van der Waals surface area contributed by atoms with Crippen LogP contribution in [0.4, 0.5) is 23.2 Å². The van der Waals surface area contributed by atoms with Crippen LogP contribution in [0, 0.1) is 5.82 Å². The maximum atomic E-state index is 13.2. The van der Waals surface area contributed by atoms with Crippen LogP contribution < -0.4 is 10.1 Å². The number of halogens is 4. The molecule has 0 spiro atoms. The number of hydrogen-bond acceptors (Lipinski definition) is 2. The van der Waals surface area contributed by atoms with Crippen LogP contribution in [0.3, 0.4) is 0 Å². The molecule has 1 aliphatic rings. The van der Waals surface area contributed by atoms with E-state index in [-0.39, 0.29) is 23.7 Å². The number of ether oxygens (including phenoxy) is 1. The van der Waals surface area contributed by atoms with Crippen molar-refractivity contribution in [3.05, 3.63) is 94.8 Å². The summed E-state index contributed by atoms with van der Waals surface area (Å²) >= 11 is 0. The SMILES string of the molecule is O=C1Nc2cc(C(F)(F)F)ccc2/C1=C/c1ccc(OCc2cccc(F)c2)cc1. The Bertz CT molecular complexity index is 1130. The normalized spacial score (nSPS) is 14.5. The second kappa shape index (κ2) is 7.67. The Hall–Kier alpha value is -3.61. The van der Waals surface area contributed by atoms with E-state index in [1.165, 1.54) is 18.2 Å². The summed E-state index contributed by atoms with van der Waals surface area (Å²) in [5, 5.41) is 2.47. The summed E-state index contributed by atoms with van der Waals surface area (Å²) in [4.78, 5) is 12.2. The second-order valence-electron chi connectivity index (χ2n) is 6.76. The molecule has 3 aromatic rings. The van der Waals surface area contributed by atoms with Crippen LogP contribution >= 0.6 is 0 Å². The molecule has 1 amide bonds. The molecule has 0 saturated carbocycles. The van der Waals surface area contributed by atoms with Crippen LogP contribution in [-0.4, -0.2) is 5.91 Å². The van der Waals surface area contributed by atoms with Gasteiger partial charge in [-0.2, -0.15) is 13.2 Å². The van der Waals surface area contributed by atoms with Gasteiger partial charge in [0, 0.05) is 16.8 Å². The molecule has 1 heterocycles. The van der Waals surface area contributed by atoms with Crippen LogP contribution in [0.25, 0.3) is 11.6 Å². The quantitative estimate of drug-likeness (QED) is 0.426. The highest BCUT2D eigenvalue weighted by molar-refractivity contribution is 6.34. The molecule has 0 bridgehead atoms. The fourth-order valence-corrected chi connectivity index (χ4v) is 3.13. The molecule has 4 rings (SSSR count). The summed E-state index contributed by atoms with van der Waals surface area (Å²) in [6.07, 6.45) is -2.88. The third-order valence-corrected chi connectivity index (χ3v) is 4.62. The molecule has 1 N–H and O–H groups in total. The number of alkyl halides is 3. The molecular weight excluding hydrogens is 398 g/mol. The first-order valence-electron chi connectivity index (χ1n) is 9.01. The predicted molar refractivity (Wildman–Crippen MR) is 105 cm³/mol. The van der Waals surface area contributed by atoms with Gasteiger partial charge in [-0.1, -0.05) is 30.3 Å². The van der Waals surface area contributed by atoms with Crippen molar-refractivity contribution in [2.24, 2.45) is 0 Å². The maximum absolute atomic E-state index is 13.2. The monoisotopic (exact) mass is 413 g/mol. The van der Waals surface area contributed by atoms with E-state index in [4.69, 9.17) is 4.74 Å². The van der Waals surface area contributed by atoms with Crippen LogP contribution in [0.2, 0.25) is 0 Å². The average Bonchev–Trinajstić information content (AvgIpc) is 3.01. The number of hydrogen-bond donors (Lipinski definition) is 1. The second-order valence-corrected chi connectivity index (χ2v) is 6.76. The number of fused-ring (bicyclic) bond motifs is 1. The lowest BCUT2D eigenvalue weighted by atomic mass is 10.0. The lowest BCUT2D eigenvalue weighted by Gasteiger charge is -2.08. The van der Waals surface area contributed by atoms with Crippen LogP contribution in [0.15, 0.2) is 66.7 Å². The topological polar surface area (TPSA) is 38.3 Å². The molecule has 0 unspecified atom stereocenters. The third kappa shape index (κ3) is 4.20. The van der Waals surface area contributed by atoms with Crippen LogP contribution in [0.1, 0.15) is 22.3 Å². The van der Waals surface area contributed by atoms with Crippen molar-refractivity contribution in [3.8, 4) is 5.75 Å². The molecule has 3 nitrogen and oxygen atoms in total. The minimum atomic E-state index is -4.48. The van der Waals surface area contributed by atoms with Crippen molar-refractivity contribution < 1.29 is 27.1 Å². The van der Waals surface area contributed by atoms with Crippen LogP contribution in [0.5, 0.6) is 5.75 Å². The highest BCUT2D eigenvalue weighted by Gasteiger charge is 2.33. The van der Waals surface area contributed by atoms with Gasteiger partial charge in [0.05, 0.1) is 5.56 Å². The number of carbonyl (C=O) groups excluding carboxylic acids is 1. The Morgan fingerprint density at radius 2 is 1.73 bits per heavy atom. The molecule has 1 aliphatic heterocycles. The van der Waals surface area contributed by atoms with E-state index in [2.05, 4.69) is 5.32 Å². The molecule has 3 aromatic carbocycles. The minimum Gasteiger partial charge on any atom is -0.489 e. The van der Waals surface area contributed by atoms with E-state index in [1.807, 2.05) is 0 Å². The lowest BCUT2D eigenvalue weighted by molar-refractivity contribution is -0.137. The zero-order valence-electron chi connectivity index (χ0n) is 15.5. The third-order valence-electron chi connectivity index (χ3n) is 4.62. The fraction of sp³-hybridized carbons (Fsp3) is 0.0870. The van der Waals surface area contributed by atoms with E-state index in [9.17, 15) is 22.4 Å². The summed E-state index contributed by atoms with van der Waals surface area (Å²) in [7, 11) is 0. The molecule has 0 saturated heterocycles. The first kappa shape index (κ1) is 19.7. The number of nitrogens with one attached hydrogen (secondary N) is 1. The Morgan fingerprint density at radius 1 is 0.967 bits per heavy atom. The summed E-state index contributed by atoms with van der Waals surface area (Å²) in [5.74, 6) is -0.237. The maximum Gasteiger partial charge on any atom is 0.416 e. The molecule has 152 valence electrons. The zero-order chi connectivity index (χ0) is 21.3. The molecule has 0 fully saturated rings. The summed E-state index contributed by atoms with van der Waals surface area (Å²) in [6, 6.07) is 16.1. The Morgan fingerprint density at radius 3 is 2.43 bits per heavy atom. The van der Waals surface area contributed by atoms with Gasteiger partial charge >= 0.3 is 6.18 Å². The average molecular weight is 413 g/mol. The molecule has 0 aromatic heterocycles. The van der Waals surface area contributed by atoms with Crippen molar-refractivity contribution in [2.75, 3.05) is 5.32 Å². The molecule has 0 atom stereocenters. The smallest absolute Gasteiger partial charge is 0.416 e. The Kier molecular flexibility index (Phi) is 5.03. The van der Waals surface area contributed by atoms with Crippen molar-refractivity contribution in [1.82, 2.24) is 0 Å². The summed E-state index contributed by atoms with van der Waals surface area (Å²) in [6.45, 7) is 0.204. The molecule has 30 heavy (non-hydrogen) atoms. The number of anilines is 1. The van der Waals surface area contributed by atoms with Gasteiger partial charge in [-0.25, -0.2) is 4.39 Å². The Labute approximate surface area is 169 Å². The van der Waals surface area contributed by atoms with E-state index in [1.54, 1.807) is 42.5 Å². The van der Waals surface area contributed by atoms with Crippen LogP contribution in [-0.2, 0) is 17.6 Å². The molecular formula is C23H15F4NO2. The van der Waals surface area contributed by atoms with Gasteiger partial charge in [-0.05, 0) is 53.6 Å². The number of benzene rings is 3. The number of amides is 1. The molecule has 0 aliphatic carbocycles. The van der Waals surface area contributed by atoms with Gasteiger partial charge in [-0.3, -0.25) is 4.79 Å².